The Kier molecular flexibility index (Phi) is 1.92. The highest BCUT2D eigenvalue weighted by Gasteiger charge is 2.26. The molecule has 1 amide bonds. The first-order valence-electron chi connectivity index (χ1n) is 5.27. The molecule has 0 radical (unpaired) electrons. The molecule has 0 saturated carbocycles. The molecule has 5 nitrogen and oxygen atoms in total. The number of nitrogens with one attached hydrogen (secondary N) is 1. The Morgan fingerprint density at radius 3 is 2.88 bits per heavy atom. The van der Waals surface area contributed by atoms with Gasteiger partial charge in [-0.2, -0.15) is 0 Å². The lowest BCUT2D eigenvalue weighted by atomic mass is 10.1. The molecule has 2 heterocycles. The fraction of sp³-hybridized carbons (Fsp3) is 0.364. The lowest BCUT2D eigenvalue weighted by molar-refractivity contribution is -0.117. The molecule has 5 heteroatoms. The van der Waals surface area contributed by atoms with Crippen LogP contribution in [-0.2, 0) is 4.79 Å². The second kappa shape index (κ2) is 3.30. The Bertz CT molecular complexity index is 459. The SMILES string of the molecule is CCN1C(=O)CNc2cc3c(cc21)OCO3. The van der Waals surface area contributed by atoms with E-state index in [1.54, 1.807) is 4.90 Å². The van der Waals surface area contributed by atoms with E-state index in [1.165, 1.54) is 0 Å². The van der Waals surface area contributed by atoms with Crippen LogP contribution in [-0.4, -0.2) is 25.8 Å². The number of rotatable bonds is 1. The van der Waals surface area contributed by atoms with Crippen molar-refractivity contribution in [3.63, 3.8) is 0 Å². The molecule has 1 aromatic carbocycles. The van der Waals surface area contributed by atoms with Crippen molar-refractivity contribution >= 4 is 17.3 Å². The topological polar surface area (TPSA) is 50.8 Å². The van der Waals surface area contributed by atoms with Gasteiger partial charge in [0.2, 0.25) is 12.7 Å². The molecular formula is C11H12N2O3. The molecular weight excluding hydrogens is 208 g/mol. The van der Waals surface area contributed by atoms with E-state index in [0.29, 0.717) is 18.8 Å². The Morgan fingerprint density at radius 1 is 1.38 bits per heavy atom. The summed E-state index contributed by atoms with van der Waals surface area (Å²) >= 11 is 0. The zero-order valence-electron chi connectivity index (χ0n) is 8.95. The van der Waals surface area contributed by atoms with Crippen molar-refractivity contribution in [3.05, 3.63) is 12.1 Å². The number of likely N-dealkylation sites (N-methyl/N-ethyl adjacent to an activating group) is 1. The average molecular weight is 220 g/mol. The van der Waals surface area contributed by atoms with Crippen molar-refractivity contribution in [1.82, 2.24) is 0 Å². The van der Waals surface area contributed by atoms with Gasteiger partial charge >= 0.3 is 0 Å². The number of anilines is 2. The summed E-state index contributed by atoms with van der Waals surface area (Å²) in [5.41, 5.74) is 1.79. The molecule has 0 fully saturated rings. The van der Waals surface area contributed by atoms with Crippen LogP contribution in [0, 0.1) is 0 Å². The molecule has 0 atom stereocenters. The monoisotopic (exact) mass is 220 g/mol. The van der Waals surface area contributed by atoms with Crippen LogP contribution in [0.1, 0.15) is 6.92 Å². The fourth-order valence-electron chi connectivity index (χ4n) is 2.04. The molecule has 0 unspecified atom stereocenters. The summed E-state index contributed by atoms with van der Waals surface area (Å²) in [5, 5.41) is 3.08. The smallest absolute Gasteiger partial charge is 0.246 e. The number of hydrogen-bond acceptors (Lipinski definition) is 4. The van der Waals surface area contributed by atoms with Crippen LogP contribution in [0.4, 0.5) is 11.4 Å². The number of benzene rings is 1. The quantitative estimate of drug-likeness (QED) is 0.772. The minimum Gasteiger partial charge on any atom is -0.454 e. The summed E-state index contributed by atoms with van der Waals surface area (Å²) in [6, 6.07) is 3.73. The Morgan fingerprint density at radius 2 is 2.12 bits per heavy atom. The zero-order valence-corrected chi connectivity index (χ0v) is 8.95. The van der Waals surface area contributed by atoms with Gasteiger partial charge in [0.15, 0.2) is 11.5 Å². The number of fused-ring (bicyclic) bond motifs is 2. The van der Waals surface area contributed by atoms with Gasteiger partial charge in [-0.05, 0) is 6.92 Å². The molecule has 84 valence electrons. The maximum atomic E-state index is 11.7. The standard InChI is InChI=1S/C11H12N2O3/c1-2-13-8-4-10-9(15-6-16-10)3-7(8)12-5-11(13)14/h3-4,12H,2,5-6H2,1H3. The summed E-state index contributed by atoms with van der Waals surface area (Å²) < 4.78 is 10.6. The summed E-state index contributed by atoms with van der Waals surface area (Å²) in [6.45, 7) is 3.20. The number of nitrogens with zero attached hydrogens (tertiary/aromatic N) is 1. The van der Waals surface area contributed by atoms with Crippen LogP contribution in [0.5, 0.6) is 11.5 Å². The number of carbonyl (C=O) groups excluding carboxylic acids is 1. The van der Waals surface area contributed by atoms with Crippen molar-refractivity contribution < 1.29 is 14.3 Å². The molecule has 0 spiro atoms. The second-order valence-electron chi connectivity index (χ2n) is 3.71. The Balaban J connectivity index is 2.11. The van der Waals surface area contributed by atoms with E-state index in [1.807, 2.05) is 19.1 Å². The summed E-state index contributed by atoms with van der Waals surface area (Å²) in [7, 11) is 0. The maximum Gasteiger partial charge on any atom is 0.246 e. The molecule has 0 aromatic heterocycles. The molecule has 1 aromatic rings. The van der Waals surface area contributed by atoms with E-state index < -0.39 is 0 Å². The third-order valence-electron chi connectivity index (χ3n) is 2.83. The van der Waals surface area contributed by atoms with Crippen molar-refractivity contribution in [3.8, 4) is 11.5 Å². The van der Waals surface area contributed by atoms with Crippen molar-refractivity contribution in [2.75, 3.05) is 30.1 Å². The van der Waals surface area contributed by atoms with Gasteiger partial charge in [-0.3, -0.25) is 4.79 Å². The normalized spacial score (nSPS) is 17.1. The second-order valence-corrected chi connectivity index (χ2v) is 3.71. The van der Waals surface area contributed by atoms with E-state index in [-0.39, 0.29) is 12.7 Å². The number of ether oxygens (including phenoxy) is 2. The first-order valence-corrected chi connectivity index (χ1v) is 5.27. The third-order valence-corrected chi connectivity index (χ3v) is 2.83. The lowest BCUT2D eigenvalue weighted by Crippen LogP contribution is -2.39. The van der Waals surface area contributed by atoms with Crippen LogP contribution in [0.25, 0.3) is 0 Å². The minimum atomic E-state index is 0.0777. The average Bonchev–Trinajstić information content (AvgIpc) is 2.73. The van der Waals surface area contributed by atoms with Crippen LogP contribution >= 0.6 is 0 Å². The lowest BCUT2D eigenvalue weighted by Gasteiger charge is -2.29. The Hall–Kier alpha value is -1.91. The van der Waals surface area contributed by atoms with Crippen molar-refractivity contribution in [1.29, 1.82) is 0 Å². The molecule has 16 heavy (non-hydrogen) atoms. The van der Waals surface area contributed by atoms with Gasteiger partial charge in [-0.1, -0.05) is 0 Å². The maximum absolute atomic E-state index is 11.7. The first kappa shape index (κ1) is 9.33. The Labute approximate surface area is 92.9 Å². The van der Waals surface area contributed by atoms with Crippen LogP contribution < -0.4 is 19.7 Å². The molecule has 0 aliphatic carbocycles. The molecule has 2 aliphatic rings. The molecule has 0 saturated heterocycles. The highest BCUT2D eigenvalue weighted by Crippen LogP contribution is 2.42. The summed E-state index contributed by atoms with van der Waals surface area (Å²) in [6.07, 6.45) is 0. The van der Waals surface area contributed by atoms with E-state index >= 15 is 0 Å². The summed E-state index contributed by atoms with van der Waals surface area (Å²) in [4.78, 5) is 13.4. The van der Waals surface area contributed by atoms with Gasteiger partial charge in [0.05, 0.1) is 17.9 Å². The number of hydrogen-bond donors (Lipinski definition) is 1. The number of carbonyl (C=O) groups is 1. The first-order chi connectivity index (χ1) is 7.79. The van der Waals surface area contributed by atoms with Gasteiger partial charge in [0, 0.05) is 18.7 Å². The number of amides is 1. The van der Waals surface area contributed by atoms with Gasteiger partial charge < -0.3 is 19.7 Å². The highest BCUT2D eigenvalue weighted by molar-refractivity contribution is 6.03. The van der Waals surface area contributed by atoms with Crippen molar-refractivity contribution in [2.24, 2.45) is 0 Å². The predicted octanol–water partition coefficient (Wildman–Crippen LogP) is 1.19. The molecule has 0 bridgehead atoms. The van der Waals surface area contributed by atoms with Crippen LogP contribution in [0.15, 0.2) is 12.1 Å². The van der Waals surface area contributed by atoms with E-state index in [2.05, 4.69) is 5.32 Å². The van der Waals surface area contributed by atoms with Gasteiger partial charge in [0.25, 0.3) is 0 Å². The van der Waals surface area contributed by atoms with Gasteiger partial charge in [0.1, 0.15) is 0 Å². The predicted molar refractivity (Wildman–Crippen MR) is 59.1 cm³/mol. The molecule has 2 aliphatic heterocycles. The zero-order chi connectivity index (χ0) is 11.1. The largest absolute Gasteiger partial charge is 0.454 e. The van der Waals surface area contributed by atoms with Gasteiger partial charge in [-0.25, -0.2) is 0 Å². The summed E-state index contributed by atoms with van der Waals surface area (Å²) in [5.74, 6) is 1.51. The fourth-order valence-corrected chi connectivity index (χ4v) is 2.04. The van der Waals surface area contributed by atoms with E-state index in [9.17, 15) is 4.79 Å². The van der Waals surface area contributed by atoms with E-state index in [0.717, 1.165) is 17.1 Å². The van der Waals surface area contributed by atoms with Crippen LogP contribution in [0.2, 0.25) is 0 Å². The van der Waals surface area contributed by atoms with Crippen molar-refractivity contribution in [2.45, 2.75) is 6.92 Å². The molecule has 1 N–H and O–H groups in total. The third kappa shape index (κ3) is 1.21. The van der Waals surface area contributed by atoms with Gasteiger partial charge in [-0.15, -0.1) is 0 Å². The molecule has 3 rings (SSSR count). The highest BCUT2D eigenvalue weighted by atomic mass is 16.7. The minimum absolute atomic E-state index is 0.0777. The van der Waals surface area contributed by atoms with Crippen LogP contribution in [0.3, 0.4) is 0 Å². The van der Waals surface area contributed by atoms with E-state index in [4.69, 9.17) is 9.47 Å².